The molecule has 0 saturated heterocycles. The summed E-state index contributed by atoms with van der Waals surface area (Å²) >= 11 is 0. The summed E-state index contributed by atoms with van der Waals surface area (Å²) in [6.45, 7) is 0. The lowest BCUT2D eigenvalue weighted by atomic mass is 9.99. The van der Waals surface area contributed by atoms with Gasteiger partial charge in [0, 0.05) is 11.1 Å². The average Bonchev–Trinajstić information content (AvgIpc) is 2.81. The fraction of sp³-hybridized carbons (Fsp3) is 0.250. The summed E-state index contributed by atoms with van der Waals surface area (Å²) in [5.74, 6) is 0.147. The molecule has 8 heteroatoms. The van der Waals surface area contributed by atoms with Gasteiger partial charge >= 0.3 is 6.18 Å². The summed E-state index contributed by atoms with van der Waals surface area (Å²) in [5.41, 5.74) is 4.65. The van der Waals surface area contributed by atoms with Gasteiger partial charge in [0.15, 0.2) is 11.5 Å². The van der Waals surface area contributed by atoms with Crippen molar-refractivity contribution in [1.29, 1.82) is 0 Å². The lowest BCUT2D eigenvalue weighted by Gasteiger charge is -2.18. The van der Waals surface area contributed by atoms with Crippen LogP contribution in [0.1, 0.15) is 5.56 Å². The first-order valence-corrected chi connectivity index (χ1v) is 5.51. The van der Waals surface area contributed by atoms with E-state index in [-0.39, 0.29) is 28.4 Å². The Kier molecular flexibility index (Phi) is 3.47. The molecular formula is C12H12F3N3O2. The molecule has 0 aliphatic rings. The maximum atomic E-state index is 13.2. The number of benzene rings is 1. The summed E-state index contributed by atoms with van der Waals surface area (Å²) in [7, 11) is 2.60. The highest BCUT2D eigenvalue weighted by atomic mass is 19.4. The Morgan fingerprint density at radius 1 is 1.20 bits per heavy atom. The minimum absolute atomic E-state index is 0.0158. The third kappa shape index (κ3) is 2.24. The Bertz CT molecular complexity index is 623. The Morgan fingerprint density at radius 3 is 2.35 bits per heavy atom. The number of hydrogen-bond acceptors (Lipinski definition) is 4. The summed E-state index contributed by atoms with van der Waals surface area (Å²) in [5, 5.41) is 6.04. The van der Waals surface area contributed by atoms with E-state index < -0.39 is 11.7 Å². The normalized spacial score (nSPS) is 11.4. The minimum atomic E-state index is -4.56. The van der Waals surface area contributed by atoms with E-state index in [1.807, 2.05) is 0 Å². The number of nitrogens with one attached hydrogen (secondary N) is 1. The van der Waals surface area contributed by atoms with Crippen LogP contribution in [0.3, 0.4) is 0 Å². The number of nitrogen functional groups attached to an aromatic ring is 1. The molecule has 0 fully saturated rings. The second kappa shape index (κ2) is 4.95. The first-order chi connectivity index (χ1) is 9.40. The van der Waals surface area contributed by atoms with Crippen molar-refractivity contribution >= 4 is 5.82 Å². The zero-order chi connectivity index (χ0) is 14.9. The lowest BCUT2D eigenvalue weighted by molar-refractivity contribution is -0.137. The predicted octanol–water partition coefficient (Wildman–Crippen LogP) is 2.69. The molecule has 0 saturated carbocycles. The molecule has 0 atom stereocenters. The molecule has 1 aromatic carbocycles. The van der Waals surface area contributed by atoms with Crippen molar-refractivity contribution in [2.24, 2.45) is 0 Å². The van der Waals surface area contributed by atoms with Crippen LogP contribution in [0.25, 0.3) is 11.1 Å². The van der Waals surface area contributed by atoms with Gasteiger partial charge in [0.1, 0.15) is 5.82 Å². The SMILES string of the molecule is COc1ccc(C(F)(F)F)c(-c2cn[nH]c2N)c1OC. The molecule has 1 aromatic heterocycles. The van der Waals surface area contributed by atoms with Gasteiger partial charge in [-0.2, -0.15) is 18.3 Å². The number of aromatic nitrogens is 2. The van der Waals surface area contributed by atoms with E-state index in [0.29, 0.717) is 0 Å². The number of nitrogens with zero attached hydrogens (tertiary/aromatic N) is 1. The molecule has 0 bridgehead atoms. The van der Waals surface area contributed by atoms with Crippen LogP contribution in [0.5, 0.6) is 11.5 Å². The van der Waals surface area contributed by atoms with Gasteiger partial charge in [0.25, 0.3) is 0 Å². The molecule has 20 heavy (non-hydrogen) atoms. The molecule has 5 nitrogen and oxygen atoms in total. The van der Waals surface area contributed by atoms with Crippen molar-refractivity contribution in [2.75, 3.05) is 20.0 Å². The van der Waals surface area contributed by atoms with Crippen LogP contribution >= 0.6 is 0 Å². The van der Waals surface area contributed by atoms with Gasteiger partial charge in [0.05, 0.1) is 26.0 Å². The highest BCUT2D eigenvalue weighted by Gasteiger charge is 2.37. The minimum Gasteiger partial charge on any atom is -0.493 e. The van der Waals surface area contributed by atoms with Crippen LogP contribution in [0.4, 0.5) is 19.0 Å². The zero-order valence-corrected chi connectivity index (χ0v) is 10.7. The molecule has 0 radical (unpaired) electrons. The van der Waals surface area contributed by atoms with Crippen molar-refractivity contribution in [1.82, 2.24) is 10.2 Å². The number of halogens is 3. The Balaban J connectivity index is 2.82. The fourth-order valence-corrected chi connectivity index (χ4v) is 1.93. The summed E-state index contributed by atoms with van der Waals surface area (Å²) in [4.78, 5) is 0. The third-order valence-electron chi connectivity index (χ3n) is 2.79. The van der Waals surface area contributed by atoms with E-state index in [1.54, 1.807) is 0 Å². The van der Waals surface area contributed by atoms with Crippen LogP contribution < -0.4 is 15.2 Å². The second-order valence-electron chi connectivity index (χ2n) is 3.92. The van der Waals surface area contributed by atoms with Gasteiger partial charge in [-0.05, 0) is 12.1 Å². The number of ether oxygens (including phenoxy) is 2. The Morgan fingerprint density at radius 2 is 1.90 bits per heavy atom. The Hall–Kier alpha value is -2.38. The molecule has 2 aromatic rings. The zero-order valence-electron chi connectivity index (χ0n) is 10.7. The van der Waals surface area contributed by atoms with Gasteiger partial charge in [0.2, 0.25) is 0 Å². The molecule has 0 aliphatic heterocycles. The van der Waals surface area contributed by atoms with Crippen molar-refractivity contribution in [3.8, 4) is 22.6 Å². The molecular weight excluding hydrogens is 275 g/mol. The van der Waals surface area contributed by atoms with E-state index in [4.69, 9.17) is 15.2 Å². The first kappa shape index (κ1) is 14.0. The maximum Gasteiger partial charge on any atom is 0.417 e. The number of aromatic amines is 1. The lowest BCUT2D eigenvalue weighted by Crippen LogP contribution is -2.09. The van der Waals surface area contributed by atoms with Crippen molar-refractivity contribution in [3.05, 3.63) is 23.9 Å². The van der Waals surface area contributed by atoms with E-state index in [9.17, 15) is 13.2 Å². The van der Waals surface area contributed by atoms with E-state index >= 15 is 0 Å². The molecule has 1 heterocycles. The average molecular weight is 287 g/mol. The van der Waals surface area contributed by atoms with Crippen molar-refractivity contribution in [3.63, 3.8) is 0 Å². The number of H-pyrrole nitrogens is 1. The number of rotatable bonds is 3. The van der Waals surface area contributed by atoms with Crippen molar-refractivity contribution in [2.45, 2.75) is 6.18 Å². The van der Waals surface area contributed by atoms with E-state index in [0.717, 1.165) is 6.07 Å². The molecule has 0 spiro atoms. The van der Waals surface area contributed by atoms with Gasteiger partial charge in [-0.1, -0.05) is 0 Å². The van der Waals surface area contributed by atoms with Crippen LogP contribution in [-0.4, -0.2) is 24.4 Å². The van der Waals surface area contributed by atoms with E-state index in [2.05, 4.69) is 10.2 Å². The number of anilines is 1. The predicted molar refractivity (Wildman–Crippen MR) is 66.5 cm³/mol. The monoisotopic (exact) mass is 287 g/mol. The van der Waals surface area contributed by atoms with Gasteiger partial charge in [-0.15, -0.1) is 0 Å². The smallest absolute Gasteiger partial charge is 0.417 e. The number of alkyl halides is 3. The van der Waals surface area contributed by atoms with Gasteiger partial charge < -0.3 is 15.2 Å². The van der Waals surface area contributed by atoms with Crippen molar-refractivity contribution < 1.29 is 22.6 Å². The molecule has 0 unspecified atom stereocenters. The molecule has 3 N–H and O–H groups in total. The Labute approximate surface area is 112 Å². The van der Waals surface area contributed by atoms with Crippen LogP contribution in [0, 0.1) is 0 Å². The highest BCUT2D eigenvalue weighted by molar-refractivity contribution is 5.83. The fourth-order valence-electron chi connectivity index (χ4n) is 1.93. The largest absolute Gasteiger partial charge is 0.493 e. The van der Waals surface area contributed by atoms with Crippen LogP contribution in [0.2, 0.25) is 0 Å². The van der Waals surface area contributed by atoms with Gasteiger partial charge in [-0.25, -0.2) is 0 Å². The third-order valence-corrected chi connectivity index (χ3v) is 2.79. The molecule has 2 rings (SSSR count). The van der Waals surface area contributed by atoms with Crippen LogP contribution in [-0.2, 0) is 6.18 Å². The summed E-state index contributed by atoms with van der Waals surface area (Å²) in [6.07, 6.45) is -3.35. The standard InChI is InChI=1S/C12H12F3N3O2/c1-19-8-4-3-7(12(13,14)15)9(10(8)20-2)6-5-17-18-11(6)16/h3-5H,1-2H3,(H3,16,17,18). The topological polar surface area (TPSA) is 73.2 Å². The highest BCUT2D eigenvalue weighted by Crippen LogP contribution is 2.47. The first-order valence-electron chi connectivity index (χ1n) is 5.51. The molecule has 0 amide bonds. The molecule has 0 aliphatic carbocycles. The van der Waals surface area contributed by atoms with Crippen LogP contribution in [0.15, 0.2) is 18.3 Å². The second-order valence-corrected chi connectivity index (χ2v) is 3.92. The van der Waals surface area contributed by atoms with Gasteiger partial charge in [-0.3, -0.25) is 5.10 Å². The molecule has 108 valence electrons. The number of nitrogens with two attached hydrogens (primary N) is 1. The summed E-state index contributed by atoms with van der Waals surface area (Å²) < 4.78 is 49.5. The van der Waals surface area contributed by atoms with E-state index in [1.165, 1.54) is 26.5 Å². The summed E-state index contributed by atoms with van der Waals surface area (Å²) in [6, 6.07) is 2.12. The number of hydrogen-bond donors (Lipinski definition) is 2. The quantitative estimate of drug-likeness (QED) is 0.910. The maximum absolute atomic E-state index is 13.2. The number of methoxy groups -OCH3 is 2.